The second-order valence-electron chi connectivity index (χ2n) is 3.29. The van der Waals surface area contributed by atoms with Crippen LogP contribution in [0.2, 0.25) is 0 Å². The van der Waals surface area contributed by atoms with E-state index in [9.17, 15) is 0 Å². The number of allylic oxidation sites excluding steroid dienone is 2. The van der Waals surface area contributed by atoms with Gasteiger partial charge in [0.15, 0.2) is 0 Å². The van der Waals surface area contributed by atoms with E-state index >= 15 is 0 Å². The second-order valence-corrected chi connectivity index (χ2v) is 3.29. The highest BCUT2D eigenvalue weighted by atomic mass is 15.1. The van der Waals surface area contributed by atoms with Crippen LogP contribution in [0.15, 0.2) is 36.0 Å². The van der Waals surface area contributed by atoms with E-state index in [0.29, 0.717) is 0 Å². The minimum absolute atomic E-state index is 0.999. The van der Waals surface area contributed by atoms with Gasteiger partial charge < -0.3 is 0 Å². The molecular formula is C12H21N. The minimum Gasteiger partial charge on any atom is -0.298 e. The van der Waals surface area contributed by atoms with Crippen molar-refractivity contribution in [2.45, 2.75) is 20.8 Å². The van der Waals surface area contributed by atoms with Crippen molar-refractivity contribution < 1.29 is 0 Å². The summed E-state index contributed by atoms with van der Waals surface area (Å²) in [5.74, 6) is 0. The van der Waals surface area contributed by atoms with Crippen molar-refractivity contribution >= 4 is 0 Å². The molecule has 0 unspecified atom stereocenters. The lowest BCUT2D eigenvalue weighted by Gasteiger charge is -2.01. The third kappa shape index (κ3) is 4.09. The monoisotopic (exact) mass is 179 g/mol. The number of likely N-dealkylation sites (tertiary alicyclic amines) is 1. The molecule has 0 radical (unpaired) electrons. The number of hydrogen-bond acceptors (Lipinski definition) is 1. The molecule has 1 heteroatoms. The fraction of sp³-hybridized carbons (Fsp3) is 0.500. The summed E-state index contributed by atoms with van der Waals surface area (Å²) in [6.07, 6.45) is 2.12. The van der Waals surface area contributed by atoms with E-state index in [-0.39, 0.29) is 0 Å². The Morgan fingerprint density at radius 1 is 1.38 bits per heavy atom. The molecule has 0 spiro atoms. The van der Waals surface area contributed by atoms with E-state index in [1.807, 2.05) is 20.8 Å². The number of likely N-dealkylation sites (N-methyl/N-ethyl adjacent to an activating group) is 1. The Morgan fingerprint density at radius 3 is 2.23 bits per heavy atom. The first-order valence-electron chi connectivity index (χ1n) is 4.82. The molecule has 1 aliphatic heterocycles. The van der Waals surface area contributed by atoms with Crippen molar-refractivity contribution in [3.8, 4) is 0 Å². The molecule has 1 fully saturated rings. The molecule has 0 N–H and O–H groups in total. The molecule has 1 aliphatic rings. The number of hydrogen-bond donors (Lipinski definition) is 0. The highest BCUT2D eigenvalue weighted by Gasteiger charge is 2.15. The van der Waals surface area contributed by atoms with Crippen molar-refractivity contribution in [1.29, 1.82) is 0 Å². The molecule has 0 aliphatic carbocycles. The van der Waals surface area contributed by atoms with E-state index in [4.69, 9.17) is 0 Å². The van der Waals surface area contributed by atoms with Gasteiger partial charge in [-0.05, 0) is 25.1 Å². The SMILES string of the molecule is C=C(C)/C=C1/CN(C)CC1=C.CC. The maximum Gasteiger partial charge on any atom is 0.0237 e. The van der Waals surface area contributed by atoms with Crippen LogP contribution in [-0.4, -0.2) is 25.0 Å². The van der Waals surface area contributed by atoms with Gasteiger partial charge >= 0.3 is 0 Å². The Hall–Kier alpha value is -0.820. The van der Waals surface area contributed by atoms with E-state index in [0.717, 1.165) is 18.7 Å². The van der Waals surface area contributed by atoms with E-state index < -0.39 is 0 Å². The molecule has 0 saturated carbocycles. The van der Waals surface area contributed by atoms with Crippen LogP contribution in [0.3, 0.4) is 0 Å². The number of rotatable bonds is 1. The van der Waals surface area contributed by atoms with E-state index in [1.165, 1.54) is 11.1 Å². The Kier molecular flexibility index (Phi) is 5.40. The molecule has 0 atom stereocenters. The molecule has 74 valence electrons. The zero-order valence-electron chi connectivity index (χ0n) is 9.35. The largest absolute Gasteiger partial charge is 0.298 e. The van der Waals surface area contributed by atoms with Gasteiger partial charge in [-0.2, -0.15) is 0 Å². The van der Waals surface area contributed by atoms with Crippen LogP contribution >= 0.6 is 0 Å². The van der Waals surface area contributed by atoms with Gasteiger partial charge in [0.2, 0.25) is 0 Å². The van der Waals surface area contributed by atoms with Crippen LogP contribution < -0.4 is 0 Å². The highest BCUT2D eigenvalue weighted by Crippen LogP contribution is 2.19. The molecule has 1 rings (SSSR count). The Morgan fingerprint density at radius 2 is 1.92 bits per heavy atom. The molecule has 0 aromatic carbocycles. The van der Waals surface area contributed by atoms with Gasteiger partial charge in [-0.15, -0.1) is 0 Å². The van der Waals surface area contributed by atoms with Gasteiger partial charge in [0.1, 0.15) is 0 Å². The minimum atomic E-state index is 0.999. The van der Waals surface area contributed by atoms with Gasteiger partial charge in [-0.3, -0.25) is 4.90 Å². The first-order chi connectivity index (χ1) is 6.09. The lowest BCUT2D eigenvalue weighted by atomic mass is 10.1. The summed E-state index contributed by atoms with van der Waals surface area (Å²) in [5, 5.41) is 0. The summed E-state index contributed by atoms with van der Waals surface area (Å²) >= 11 is 0. The summed E-state index contributed by atoms with van der Waals surface area (Å²) in [6.45, 7) is 15.9. The topological polar surface area (TPSA) is 3.24 Å². The lowest BCUT2D eigenvalue weighted by Crippen LogP contribution is -2.11. The summed E-state index contributed by atoms with van der Waals surface area (Å²) < 4.78 is 0. The van der Waals surface area contributed by atoms with Gasteiger partial charge in [-0.25, -0.2) is 0 Å². The maximum atomic E-state index is 3.99. The molecule has 1 nitrogen and oxygen atoms in total. The first-order valence-corrected chi connectivity index (χ1v) is 4.82. The summed E-state index contributed by atoms with van der Waals surface area (Å²) in [5.41, 5.74) is 3.67. The van der Waals surface area contributed by atoms with Crippen molar-refractivity contribution in [3.05, 3.63) is 36.0 Å². The molecular weight excluding hydrogens is 158 g/mol. The second kappa shape index (κ2) is 5.76. The normalized spacial score (nSPS) is 20.0. The molecule has 0 amide bonds. The summed E-state index contributed by atoms with van der Waals surface area (Å²) in [6, 6.07) is 0. The van der Waals surface area contributed by atoms with Crippen LogP contribution in [0, 0.1) is 0 Å². The van der Waals surface area contributed by atoms with Crippen molar-refractivity contribution in [3.63, 3.8) is 0 Å². The van der Waals surface area contributed by atoms with Crippen molar-refractivity contribution in [2.75, 3.05) is 20.1 Å². The smallest absolute Gasteiger partial charge is 0.0237 e. The quantitative estimate of drug-likeness (QED) is 0.598. The molecule has 13 heavy (non-hydrogen) atoms. The molecule has 1 saturated heterocycles. The fourth-order valence-corrected chi connectivity index (χ4v) is 1.33. The predicted octanol–water partition coefficient (Wildman–Crippen LogP) is 3.02. The summed E-state index contributed by atoms with van der Waals surface area (Å²) in [4.78, 5) is 2.25. The van der Waals surface area contributed by atoms with Crippen molar-refractivity contribution in [2.24, 2.45) is 0 Å². The fourth-order valence-electron chi connectivity index (χ4n) is 1.33. The third-order valence-electron chi connectivity index (χ3n) is 1.78. The predicted molar refractivity (Wildman–Crippen MR) is 60.9 cm³/mol. The van der Waals surface area contributed by atoms with Crippen LogP contribution in [0.5, 0.6) is 0 Å². The first kappa shape index (κ1) is 12.2. The Balaban J connectivity index is 0.000000671. The van der Waals surface area contributed by atoms with Gasteiger partial charge in [-0.1, -0.05) is 38.7 Å². The average molecular weight is 179 g/mol. The van der Waals surface area contributed by atoms with Gasteiger partial charge in [0.25, 0.3) is 0 Å². The standard InChI is InChI=1S/C10H15N.C2H6/c1-8(2)5-10-7-11(4)6-9(10)3;1-2/h5H,1,3,6-7H2,2,4H3;1-2H3/b10-5-;. The highest BCUT2D eigenvalue weighted by molar-refractivity contribution is 5.39. The summed E-state index contributed by atoms with van der Waals surface area (Å²) in [7, 11) is 2.10. The van der Waals surface area contributed by atoms with Gasteiger partial charge in [0, 0.05) is 13.1 Å². The Bertz CT molecular complexity index is 223. The van der Waals surface area contributed by atoms with Crippen LogP contribution in [-0.2, 0) is 0 Å². The van der Waals surface area contributed by atoms with Gasteiger partial charge in [0.05, 0.1) is 0 Å². The molecule has 0 aromatic heterocycles. The van der Waals surface area contributed by atoms with Crippen LogP contribution in [0.4, 0.5) is 0 Å². The molecule has 0 aromatic rings. The molecule has 1 heterocycles. The lowest BCUT2D eigenvalue weighted by molar-refractivity contribution is 0.437. The zero-order chi connectivity index (χ0) is 10.4. The maximum absolute atomic E-state index is 3.99. The van der Waals surface area contributed by atoms with Crippen molar-refractivity contribution in [1.82, 2.24) is 4.90 Å². The van der Waals surface area contributed by atoms with Crippen LogP contribution in [0.25, 0.3) is 0 Å². The van der Waals surface area contributed by atoms with E-state index in [1.54, 1.807) is 0 Å². The number of nitrogens with zero attached hydrogens (tertiary/aromatic N) is 1. The zero-order valence-corrected chi connectivity index (χ0v) is 9.35. The average Bonchev–Trinajstić information content (AvgIpc) is 2.33. The third-order valence-corrected chi connectivity index (χ3v) is 1.78. The Labute approximate surface area is 82.4 Å². The van der Waals surface area contributed by atoms with E-state index in [2.05, 4.69) is 31.2 Å². The van der Waals surface area contributed by atoms with Crippen LogP contribution in [0.1, 0.15) is 20.8 Å². The molecule has 0 bridgehead atoms.